The third-order valence-corrected chi connectivity index (χ3v) is 7.09. The second kappa shape index (κ2) is 3.78. The Morgan fingerprint density at radius 2 is 2.00 bits per heavy atom. The quantitative estimate of drug-likeness (QED) is 0.617. The van der Waals surface area contributed by atoms with E-state index in [1.807, 2.05) is 0 Å². The molecule has 3 fully saturated rings. The van der Waals surface area contributed by atoms with Crippen molar-refractivity contribution in [2.24, 2.45) is 23.2 Å². The van der Waals surface area contributed by atoms with Crippen molar-refractivity contribution in [2.45, 2.75) is 52.6 Å². The fraction of sp³-hybridized carbons (Fsp3) is 1.00. The molecule has 0 heterocycles. The fourth-order valence-electron chi connectivity index (χ4n) is 3.75. The third-order valence-electron chi connectivity index (χ3n) is 5.01. The molecule has 2 bridgehead atoms. The maximum Gasteiger partial charge on any atom is -0.0205 e. The average Bonchev–Trinajstić information content (AvgIpc) is 2.15. The molecule has 0 aromatic heterocycles. The van der Waals surface area contributed by atoms with Gasteiger partial charge in [-0.2, -0.15) is 0 Å². The zero-order chi connectivity index (χ0) is 10.3. The highest BCUT2D eigenvalue weighted by Crippen LogP contribution is 2.63. The SMILES string of the molecule is CCCPC1CC2CC(C1C)C2(C)C. The van der Waals surface area contributed by atoms with Crippen molar-refractivity contribution >= 4 is 8.58 Å². The molecule has 82 valence electrons. The summed E-state index contributed by atoms with van der Waals surface area (Å²) in [6.07, 6.45) is 5.96. The first kappa shape index (κ1) is 10.9. The molecular weight excluding hydrogens is 187 g/mol. The van der Waals surface area contributed by atoms with E-state index in [0.717, 1.165) is 23.4 Å². The van der Waals surface area contributed by atoms with Gasteiger partial charge in [0.15, 0.2) is 0 Å². The summed E-state index contributed by atoms with van der Waals surface area (Å²) in [7, 11) is 1.25. The molecule has 0 saturated heterocycles. The van der Waals surface area contributed by atoms with Crippen LogP contribution in [0.25, 0.3) is 0 Å². The minimum atomic E-state index is 0.687. The highest BCUT2D eigenvalue weighted by Gasteiger charge is 2.55. The summed E-state index contributed by atoms with van der Waals surface area (Å²) < 4.78 is 0. The fourth-order valence-corrected chi connectivity index (χ4v) is 5.46. The molecule has 14 heavy (non-hydrogen) atoms. The van der Waals surface area contributed by atoms with Gasteiger partial charge in [0, 0.05) is 0 Å². The molecule has 0 aromatic rings. The van der Waals surface area contributed by atoms with E-state index in [4.69, 9.17) is 0 Å². The van der Waals surface area contributed by atoms with Crippen molar-refractivity contribution in [1.82, 2.24) is 0 Å². The highest BCUT2D eigenvalue weighted by molar-refractivity contribution is 7.38. The minimum absolute atomic E-state index is 0.687. The van der Waals surface area contributed by atoms with Crippen LogP contribution in [0.5, 0.6) is 0 Å². The van der Waals surface area contributed by atoms with E-state index >= 15 is 0 Å². The van der Waals surface area contributed by atoms with Crippen molar-refractivity contribution in [2.75, 3.05) is 6.16 Å². The first-order valence-corrected chi connectivity index (χ1v) is 7.59. The molecule has 3 rings (SSSR count). The summed E-state index contributed by atoms with van der Waals surface area (Å²) in [5, 5.41) is 0. The maximum atomic E-state index is 2.52. The van der Waals surface area contributed by atoms with E-state index in [0.29, 0.717) is 5.41 Å². The van der Waals surface area contributed by atoms with Crippen LogP contribution in [0.4, 0.5) is 0 Å². The molecule has 3 aliphatic rings. The van der Waals surface area contributed by atoms with Gasteiger partial charge in [-0.25, -0.2) is 0 Å². The highest BCUT2D eigenvalue weighted by atomic mass is 31.1. The molecule has 3 aliphatic carbocycles. The largest absolute Gasteiger partial charge is 0.119 e. The maximum absolute atomic E-state index is 2.52. The van der Waals surface area contributed by atoms with Crippen molar-refractivity contribution in [3.8, 4) is 0 Å². The van der Waals surface area contributed by atoms with Crippen molar-refractivity contribution in [3.05, 3.63) is 0 Å². The van der Waals surface area contributed by atoms with Gasteiger partial charge in [-0.1, -0.05) is 34.1 Å². The Balaban J connectivity index is 1.94. The summed E-state index contributed by atoms with van der Waals surface area (Å²) in [5.41, 5.74) is 1.78. The van der Waals surface area contributed by atoms with Gasteiger partial charge in [-0.3, -0.25) is 0 Å². The molecule has 0 N–H and O–H groups in total. The van der Waals surface area contributed by atoms with Crippen LogP contribution in [0, 0.1) is 23.2 Å². The van der Waals surface area contributed by atoms with Gasteiger partial charge in [0.25, 0.3) is 0 Å². The Labute approximate surface area is 91.0 Å². The predicted octanol–water partition coefficient (Wildman–Crippen LogP) is 4.15. The summed E-state index contributed by atoms with van der Waals surface area (Å²) in [6, 6.07) is 0. The van der Waals surface area contributed by atoms with Crippen LogP contribution in [-0.4, -0.2) is 11.8 Å². The van der Waals surface area contributed by atoms with Crippen LogP contribution in [0.1, 0.15) is 47.0 Å². The van der Waals surface area contributed by atoms with Gasteiger partial charge >= 0.3 is 0 Å². The molecule has 0 aromatic carbocycles. The van der Waals surface area contributed by atoms with Gasteiger partial charge in [0.05, 0.1) is 0 Å². The normalized spacial score (nSPS) is 45.4. The molecule has 0 amide bonds. The summed E-state index contributed by atoms with van der Waals surface area (Å²) in [6.45, 7) is 9.85. The Morgan fingerprint density at radius 3 is 2.50 bits per heavy atom. The molecule has 0 radical (unpaired) electrons. The van der Waals surface area contributed by atoms with Crippen LogP contribution in [0.2, 0.25) is 0 Å². The molecule has 1 heteroatoms. The number of rotatable bonds is 3. The smallest absolute Gasteiger partial charge is 0.0205 e. The molecule has 0 aliphatic heterocycles. The number of fused-ring (bicyclic) bond motifs is 2. The van der Waals surface area contributed by atoms with E-state index in [2.05, 4.69) is 27.7 Å². The Bertz CT molecular complexity index is 209. The summed E-state index contributed by atoms with van der Waals surface area (Å²) in [5.74, 6) is 3.13. The van der Waals surface area contributed by atoms with E-state index < -0.39 is 0 Å². The standard InChI is InChI=1S/C13H25P/c1-5-6-14-12-8-10-7-11(9(12)2)13(10,3)4/h9-12,14H,5-8H2,1-4H3. The van der Waals surface area contributed by atoms with E-state index in [-0.39, 0.29) is 0 Å². The Hall–Kier alpha value is 0.430. The van der Waals surface area contributed by atoms with E-state index in [1.54, 1.807) is 12.8 Å². The zero-order valence-electron chi connectivity index (χ0n) is 10.1. The van der Waals surface area contributed by atoms with Crippen LogP contribution < -0.4 is 0 Å². The van der Waals surface area contributed by atoms with Gasteiger partial charge in [-0.05, 0) is 47.8 Å². The average molecular weight is 212 g/mol. The van der Waals surface area contributed by atoms with Crippen molar-refractivity contribution in [3.63, 3.8) is 0 Å². The van der Waals surface area contributed by atoms with Gasteiger partial charge in [-0.15, -0.1) is 8.58 Å². The molecule has 0 nitrogen and oxygen atoms in total. The topological polar surface area (TPSA) is 0 Å². The second-order valence-corrected chi connectivity index (χ2v) is 7.67. The first-order valence-electron chi connectivity index (χ1n) is 6.30. The lowest BCUT2D eigenvalue weighted by molar-refractivity contribution is -0.0955. The number of hydrogen-bond donors (Lipinski definition) is 0. The lowest BCUT2D eigenvalue weighted by Gasteiger charge is -2.62. The Kier molecular flexibility index (Phi) is 2.95. The monoisotopic (exact) mass is 212 g/mol. The third kappa shape index (κ3) is 1.54. The van der Waals surface area contributed by atoms with E-state index in [1.165, 1.54) is 21.2 Å². The van der Waals surface area contributed by atoms with Crippen molar-refractivity contribution < 1.29 is 0 Å². The molecule has 3 saturated carbocycles. The lowest BCUT2D eigenvalue weighted by atomic mass is 9.46. The van der Waals surface area contributed by atoms with Gasteiger partial charge < -0.3 is 0 Å². The van der Waals surface area contributed by atoms with Crippen molar-refractivity contribution in [1.29, 1.82) is 0 Å². The number of hydrogen-bond acceptors (Lipinski definition) is 0. The molecule has 5 unspecified atom stereocenters. The van der Waals surface area contributed by atoms with Gasteiger partial charge in [0.1, 0.15) is 0 Å². The summed E-state index contributed by atoms with van der Waals surface area (Å²) >= 11 is 0. The van der Waals surface area contributed by atoms with Crippen LogP contribution in [0.15, 0.2) is 0 Å². The van der Waals surface area contributed by atoms with E-state index in [9.17, 15) is 0 Å². The van der Waals surface area contributed by atoms with Crippen LogP contribution in [0.3, 0.4) is 0 Å². The molecule has 5 atom stereocenters. The van der Waals surface area contributed by atoms with Crippen LogP contribution in [-0.2, 0) is 0 Å². The van der Waals surface area contributed by atoms with Gasteiger partial charge in [0.2, 0.25) is 0 Å². The summed E-state index contributed by atoms with van der Waals surface area (Å²) in [4.78, 5) is 0. The second-order valence-electron chi connectivity index (χ2n) is 6.02. The molecular formula is C13H25P. The molecule has 0 spiro atoms. The predicted molar refractivity (Wildman–Crippen MR) is 66.4 cm³/mol. The van der Waals surface area contributed by atoms with Crippen LogP contribution >= 0.6 is 8.58 Å². The Morgan fingerprint density at radius 1 is 1.29 bits per heavy atom. The zero-order valence-corrected chi connectivity index (χ0v) is 11.1. The first-order chi connectivity index (χ1) is 6.57. The minimum Gasteiger partial charge on any atom is -0.119 e. The lowest BCUT2D eigenvalue weighted by Crippen LogP contribution is -2.55.